The molecule has 0 saturated carbocycles. The van der Waals surface area contributed by atoms with Gasteiger partial charge < -0.3 is 15.4 Å². The molecule has 21 heavy (non-hydrogen) atoms. The fourth-order valence-electron chi connectivity index (χ4n) is 1.81. The predicted octanol–water partition coefficient (Wildman–Crippen LogP) is 1.86. The minimum Gasteiger partial charge on any atom is -0.496 e. The minimum atomic E-state index is -1.10. The van der Waals surface area contributed by atoms with E-state index in [0.717, 1.165) is 12.0 Å². The van der Waals surface area contributed by atoms with Crippen molar-refractivity contribution < 1.29 is 14.3 Å². The summed E-state index contributed by atoms with van der Waals surface area (Å²) in [6, 6.07) is 7.46. The van der Waals surface area contributed by atoms with Crippen molar-refractivity contribution in [1.29, 1.82) is 0 Å². The molecule has 116 valence electrons. The first kappa shape index (κ1) is 17.0. The van der Waals surface area contributed by atoms with Gasteiger partial charge in [-0.15, -0.1) is 0 Å². The molecular weight excluding hydrogens is 268 g/mol. The minimum absolute atomic E-state index is 0.262. The Balaban J connectivity index is 2.65. The lowest BCUT2D eigenvalue weighted by molar-refractivity contribution is -0.141. The summed E-state index contributed by atoms with van der Waals surface area (Å²) in [6.45, 7) is 6.11. The van der Waals surface area contributed by atoms with Crippen molar-refractivity contribution in [3.05, 3.63) is 29.8 Å². The number of methoxy groups -OCH3 is 1. The highest BCUT2D eigenvalue weighted by Crippen LogP contribution is 2.19. The number of nitrogens with one attached hydrogen (secondary N) is 2. The van der Waals surface area contributed by atoms with Crippen LogP contribution in [0.4, 0.5) is 0 Å². The van der Waals surface area contributed by atoms with Crippen molar-refractivity contribution in [1.82, 2.24) is 10.6 Å². The van der Waals surface area contributed by atoms with Crippen LogP contribution in [0.2, 0.25) is 0 Å². The van der Waals surface area contributed by atoms with Crippen LogP contribution in [-0.4, -0.2) is 25.5 Å². The monoisotopic (exact) mass is 292 g/mol. The van der Waals surface area contributed by atoms with Crippen LogP contribution >= 0.6 is 0 Å². The summed E-state index contributed by atoms with van der Waals surface area (Å²) in [5.41, 5.74) is -0.227. The number of amides is 2. The second-order valence-electron chi connectivity index (χ2n) is 5.38. The van der Waals surface area contributed by atoms with Crippen molar-refractivity contribution in [2.45, 2.75) is 33.7 Å². The maximum absolute atomic E-state index is 12.2. The largest absolute Gasteiger partial charge is 0.496 e. The van der Waals surface area contributed by atoms with E-state index in [-0.39, 0.29) is 11.8 Å². The molecule has 2 amide bonds. The van der Waals surface area contributed by atoms with E-state index in [4.69, 9.17) is 4.74 Å². The third-order valence-electron chi connectivity index (χ3n) is 3.30. The summed E-state index contributed by atoms with van der Waals surface area (Å²) in [7, 11) is 1.59. The fourth-order valence-corrected chi connectivity index (χ4v) is 1.81. The quantitative estimate of drug-likeness (QED) is 0.754. The third kappa shape index (κ3) is 4.48. The summed E-state index contributed by atoms with van der Waals surface area (Å²) < 4.78 is 5.23. The number of carbonyl (C=O) groups is 2. The molecule has 0 aliphatic heterocycles. The predicted molar refractivity (Wildman–Crippen MR) is 81.9 cm³/mol. The first-order valence-electron chi connectivity index (χ1n) is 7.12. The lowest BCUT2D eigenvalue weighted by Gasteiger charge is -2.22. The van der Waals surface area contributed by atoms with Gasteiger partial charge in [-0.05, 0) is 26.3 Å². The van der Waals surface area contributed by atoms with Gasteiger partial charge in [-0.2, -0.15) is 0 Å². The Morgan fingerprint density at radius 1 is 1.14 bits per heavy atom. The van der Waals surface area contributed by atoms with Gasteiger partial charge in [0.25, 0.3) is 0 Å². The summed E-state index contributed by atoms with van der Waals surface area (Å²) in [5, 5.41) is 5.54. The third-order valence-corrected chi connectivity index (χ3v) is 3.30. The van der Waals surface area contributed by atoms with Gasteiger partial charge in [0, 0.05) is 18.7 Å². The first-order chi connectivity index (χ1) is 9.93. The molecule has 0 aliphatic carbocycles. The molecule has 1 rings (SSSR count). The van der Waals surface area contributed by atoms with Crippen LogP contribution < -0.4 is 15.4 Å². The van der Waals surface area contributed by atoms with Gasteiger partial charge in [-0.25, -0.2) is 0 Å². The van der Waals surface area contributed by atoms with Crippen molar-refractivity contribution in [3.8, 4) is 5.75 Å². The summed E-state index contributed by atoms with van der Waals surface area (Å²) in [5.74, 6) is 0.148. The lowest BCUT2D eigenvalue weighted by Crippen LogP contribution is -2.47. The second kappa shape index (κ2) is 7.67. The average Bonchev–Trinajstić information content (AvgIpc) is 2.50. The van der Waals surface area contributed by atoms with Gasteiger partial charge in [0.15, 0.2) is 0 Å². The van der Waals surface area contributed by atoms with Crippen LogP contribution in [-0.2, 0) is 16.1 Å². The molecular formula is C16H24N2O3. The Labute approximate surface area is 126 Å². The van der Waals surface area contributed by atoms with E-state index in [1.165, 1.54) is 0 Å². The molecule has 0 unspecified atom stereocenters. The molecule has 0 heterocycles. The summed E-state index contributed by atoms with van der Waals surface area (Å²) >= 11 is 0. The number of ether oxygens (including phenoxy) is 1. The topological polar surface area (TPSA) is 67.4 Å². The van der Waals surface area contributed by atoms with E-state index in [1.807, 2.05) is 31.2 Å². The zero-order valence-corrected chi connectivity index (χ0v) is 13.2. The van der Waals surface area contributed by atoms with Gasteiger partial charge in [0.05, 0.1) is 7.11 Å². The second-order valence-corrected chi connectivity index (χ2v) is 5.38. The van der Waals surface area contributed by atoms with Crippen LogP contribution in [0.1, 0.15) is 32.8 Å². The number of benzene rings is 1. The van der Waals surface area contributed by atoms with E-state index in [2.05, 4.69) is 10.6 Å². The van der Waals surface area contributed by atoms with Crippen LogP contribution in [0, 0.1) is 5.41 Å². The van der Waals surface area contributed by atoms with Crippen molar-refractivity contribution in [3.63, 3.8) is 0 Å². The SMILES string of the molecule is CCCNC(=O)C(C)(C)C(=O)NCc1ccccc1OC. The zero-order valence-electron chi connectivity index (χ0n) is 13.2. The number of rotatable bonds is 7. The number of para-hydroxylation sites is 1. The van der Waals surface area contributed by atoms with E-state index < -0.39 is 5.41 Å². The number of hydrogen-bond acceptors (Lipinski definition) is 3. The Morgan fingerprint density at radius 2 is 1.76 bits per heavy atom. The van der Waals surface area contributed by atoms with Crippen molar-refractivity contribution in [2.75, 3.05) is 13.7 Å². The standard InChI is InChI=1S/C16H24N2O3/c1-5-10-17-14(19)16(2,3)15(20)18-11-12-8-6-7-9-13(12)21-4/h6-9H,5,10-11H2,1-4H3,(H,17,19)(H,18,20). The molecule has 0 aromatic heterocycles. The molecule has 0 fully saturated rings. The molecule has 1 aromatic rings. The van der Waals surface area contributed by atoms with E-state index in [0.29, 0.717) is 18.8 Å². The molecule has 0 atom stereocenters. The van der Waals surface area contributed by atoms with Crippen LogP contribution in [0.5, 0.6) is 5.75 Å². The molecule has 0 saturated heterocycles. The molecule has 0 spiro atoms. The lowest BCUT2D eigenvalue weighted by atomic mass is 9.91. The van der Waals surface area contributed by atoms with Crippen LogP contribution in [0.25, 0.3) is 0 Å². The van der Waals surface area contributed by atoms with E-state index in [1.54, 1.807) is 21.0 Å². The van der Waals surface area contributed by atoms with E-state index in [9.17, 15) is 9.59 Å². The van der Waals surface area contributed by atoms with Gasteiger partial charge in [-0.3, -0.25) is 9.59 Å². The van der Waals surface area contributed by atoms with Gasteiger partial charge in [-0.1, -0.05) is 25.1 Å². The summed E-state index contributed by atoms with van der Waals surface area (Å²) in [6.07, 6.45) is 0.838. The number of hydrogen-bond donors (Lipinski definition) is 2. The Morgan fingerprint density at radius 3 is 2.38 bits per heavy atom. The highest BCUT2D eigenvalue weighted by Gasteiger charge is 2.35. The molecule has 1 aromatic carbocycles. The van der Waals surface area contributed by atoms with Gasteiger partial charge >= 0.3 is 0 Å². The molecule has 0 radical (unpaired) electrons. The first-order valence-corrected chi connectivity index (χ1v) is 7.12. The molecule has 0 bridgehead atoms. The maximum Gasteiger partial charge on any atom is 0.235 e. The Bertz CT molecular complexity index is 498. The van der Waals surface area contributed by atoms with Gasteiger partial charge in [0.1, 0.15) is 11.2 Å². The smallest absolute Gasteiger partial charge is 0.235 e. The Hall–Kier alpha value is -2.04. The van der Waals surface area contributed by atoms with Crippen LogP contribution in [0.15, 0.2) is 24.3 Å². The normalized spacial score (nSPS) is 10.9. The fraction of sp³-hybridized carbons (Fsp3) is 0.500. The van der Waals surface area contributed by atoms with Crippen molar-refractivity contribution >= 4 is 11.8 Å². The number of carbonyl (C=O) groups excluding carboxylic acids is 2. The summed E-state index contributed by atoms with van der Waals surface area (Å²) in [4.78, 5) is 24.2. The highest BCUT2D eigenvalue weighted by atomic mass is 16.5. The molecule has 0 aliphatic rings. The average molecular weight is 292 g/mol. The molecule has 2 N–H and O–H groups in total. The zero-order chi connectivity index (χ0) is 15.9. The van der Waals surface area contributed by atoms with Crippen molar-refractivity contribution in [2.24, 2.45) is 5.41 Å². The Kier molecular flexibility index (Phi) is 6.21. The highest BCUT2D eigenvalue weighted by molar-refractivity contribution is 6.04. The van der Waals surface area contributed by atoms with E-state index >= 15 is 0 Å². The molecule has 5 nitrogen and oxygen atoms in total. The molecule has 5 heteroatoms. The van der Waals surface area contributed by atoms with Gasteiger partial charge in [0.2, 0.25) is 11.8 Å². The maximum atomic E-state index is 12.2. The van der Waals surface area contributed by atoms with Crippen LogP contribution in [0.3, 0.4) is 0 Å².